The van der Waals surface area contributed by atoms with Crippen LogP contribution in [0.25, 0.3) is 22.2 Å². The lowest BCUT2D eigenvalue weighted by Gasteiger charge is -2.26. The largest absolute Gasteiger partial charge is 0.342 e. The number of pyridine rings is 2. The monoisotopic (exact) mass is 416 g/mol. The van der Waals surface area contributed by atoms with Gasteiger partial charge in [0.15, 0.2) is 0 Å². The van der Waals surface area contributed by atoms with Gasteiger partial charge in [0.25, 0.3) is 5.91 Å². The van der Waals surface area contributed by atoms with E-state index < -0.39 is 5.54 Å². The lowest BCUT2D eigenvalue weighted by molar-refractivity contribution is -0.129. The second-order valence-corrected chi connectivity index (χ2v) is 8.77. The van der Waals surface area contributed by atoms with Crippen LogP contribution >= 0.6 is 0 Å². The summed E-state index contributed by atoms with van der Waals surface area (Å²) < 4.78 is 0. The predicted molar refractivity (Wildman–Crippen MR) is 122 cm³/mol. The highest BCUT2D eigenvalue weighted by Gasteiger charge is 2.31. The minimum absolute atomic E-state index is 0.0762. The molecule has 3 aromatic rings. The van der Waals surface area contributed by atoms with Crippen molar-refractivity contribution < 1.29 is 9.59 Å². The fourth-order valence-electron chi connectivity index (χ4n) is 4.18. The van der Waals surface area contributed by atoms with Gasteiger partial charge in [-0.1, -0.05) is 37.1 Å². The summed E-state index contributed by atoms with van der Waals surface area (Å²) in [6, 6.07) is 15.3. The molecule has 160 valence electrons. The molecule has 31 heavy (non-hydrogen) atoms. The average Bonchev–Trinajstić information content (AvgIpc) is 3.26. The second kappa shape index (κ2) is 8.84. The molecule has 2 heterocycles. The maximum Gasteiger partial charge on any atom is 0.250 e. The van der Waals surface area contributed by atoms with Gasteiger partial charge in [-0.2, -0.15) is 0 Å². The van der Waals surface area contributed by atoms with Crippen molar-refractivity contribution in [2.45, 2.75) is 51.5 Å². The molecule has 2 aromatic heterocycles. The van der Waals surface area contributed by atoms with Gasteiger partial charge >= 0.3 is 0 Å². The maximum atomic E-state index is 13.0. The van der Waals surface area contributed by atoms with E-state index in [-0.39, 0.29) is 11.8 Å². The van der Waals surface area contributed by atoms with Crippen LogP contribution in [0, 0.1) is 5.92 Å². The summed E-state index contributed by atoms with van der Waals surface area (Å²) in [4.78, 5) is 34.5. The van der Waals surface area contributed by atoms with E-state index in [1.807, 2.05) is 48.5 Å². The van der Waals surface area contributed by atoms with Crippen LogP contribution in [0.3, 0.4) is 0 Å². The summed E-state index contributed by atoms with van der Waals surface area (Å²) in [6.07, 6.45) is 6.79. The Hall–Kier alpha value is -3.28. The number of benzene rings is 1. The van der Waals surface area contributed by atoms with Crippen molar-refractivity contribution in [3.05, 3.63) is 54.7 Å². The highest BCUT2D eigenvalue weighted by Crippen LogP contribution is 2.29. The fourth-order valence-corrected chi connectivity index (χ4v) is 4.18. The van der Waals surface area contributed by atoms with Crippen LogP contribution in [0.2, 0.25) is 0 Å². The number of rotatable bonds is 6. The van der Waals surface area contributed by atoms with Crippen molar-refractivity contribution in [2.24, 2.45) is 5.92 Å². The summed E-state index contributed by atoms with van der Waals surface area (Å²) in [5, 5.41) is 6.75. The molecule has 1 aromatic carbocycles. The van der Waals surface area contributed by atoms with E-state index in [1.54, 1.807) is 20.0 Å². The van der Waals surface area contributed by atoms with Gasteiger partial charge in [-0.15, -0.1) is 0 Å². The molecular weight excluding hydrogens is 388 g/mol. The highest BCUT2D eigenvalue weighted by molar-refractivity contribution is 6.02. The van der Waals surface area contributed by atoms with Gasteiger partial charge in [-0.05, 0) is 56.9 Å². The number of fused-ring (bicyclic) bond motifs is 1. The molecule has 1 fully saturated rings. The number of carbonyl (C=O) groups excluding carboxylic acids is 2. The van der Waals surface area contributed by atoms with Gasteiger partial charge in [0.05, 0.1) is 11.2 Å². The number of carbonyl (C=O) groups is 2. The Kier molecular flexibility index (Phi) is 5.98. The third-order valence-electron chi connectivity index (χ3n) is 5.87. The Morgan fingerprint density at radius 1 is 1.06 bits per heavy atom. The Morgan fingerprint density at radius 2 is 1.81 bits per heavy atom. The van der Waals surface area contributed by atoms with E-state index in [9.17, 15) is 9.59 Å². The number of para-hydroxylation sites is 1. The molecule has 1 aliphatic rings. The second-order valence-electron chi connectivity index (χ2n) is 8.77. The fraction of sp³-hybridized carbons (Fsp3) is 0.360. The van der Waals surface area contributed by atoms with E-state index in [4.69, 9.17) is 0 Å². The minimum Gasteiger partial charge on any atom is -0.342 e. The lowest BCUT2D eigenvalue weighted by Crippen LogP contribution is -2.52. The molecule has 0 radical (unpaired) electrons. The van der Waals surface area contributed by atoms with E-state index in [2.05, 4.69) is 20.6 Å². The number of anilines is 1. The quantitative estimate of drug-likeness (QED) is 0.609. The van der Waals surface area contributed by atoms with Gasteiger partial charge in [-0.25, -0.2) is 4.98 Å². The molecule has 2 N–H and O–H groups in total. The van der Waals surface area contributed by atoms with Gasteiger partial charge in [0.2, 0.25) is 5.91 Å². The summed E-state index contributed by atoms with van der Waals surface area (Å²) >= 11 is 0. The average molecular weight is 417 g/mol. The van der Waals surface area contributed by atoms with Crippen LogP contribution in [-0.2, 0) is 9.59 Å². The summed E-state index contributed by atoms with van der Waals surface area (Å²) in [5.74, 6) is 0.485. The molecule has 4 rings (SSSR count). The van der Waals surface area contributed by atoms with Crippen LogP contribution in [0.15, 0.2) is 54.7 Å². The number of nitrogens with zero attached hydrogens (tertiary/aromatic N) is 2. The lowest BCUT2D eigenvalue weighted by atomic mass is 10.00. The molecule has 0 aliphatic heterocycles. The van der Waals surface area contributed by atoms with Crippen LogP contribution in [0.4, 0.5) is 5.82 Å². The molecule has 2 amide bonds. The third-order valence-corrected chi connectivity index (χ3v) is 5.87. The Bertz CT molecular complexity index is 1090. The molecule has 6 heteroatoms. The van der Waals surface area contributed by atoms with E-state index in [0.29, 0.717) is 18.2 Å². The van der Waals surface area contributed by atoms with Gasteiger partial charge < -0.3 is 10.6 Å². The predicted octanol–water partition coefficient (Wildman–Crippen LogP) is 4.71. The topological polar surface area (TPSA) is 84.0 Å². The zero-order chi connectivity index (χ0) is 21.8. The number of amides is 2. The summed E-state index contributed by atoms with van der Waals surface area (Å²) in [6.45, 7) is 3.44. The van der Waals surface area contributed by atoms with E-state index in [1.165, 1.54) is 12.8 Å². The maximum absolute atomic E-state index is 13.0. The van der Waals surface area contributed by atoms with E-state index >= 15 is 0 Å². The van der Waals surface area contributed by atoms with Crippen LogP contribution in [-0.4, -0.2) is 27.3 Å². The first-order valence-corrected chi connectivity index (χ1v) is 10.9. The van der Waals surface area contributed by atoms with Crippen molar-refractivity contribution in [3.8, 4) is 11.3 Å². The van der Waals surface area contributed by atoms with Gasteiger partial charge in [0.1, 0.15) is 11.4 Å². The molecule has 0 spiro atoms. The zero-order valence-corrected chi connectivity index (χ0v) is 18.0. The molecule has 0 bridgehead atoms. The van der Waals surface area contributed by atoms with Crippen molar-refractivity contribution in [3.63, 3.8) is 0 Å². The Morgan fingerprint density at radius 3 is 2.55 bits per heavy atom. The van der Waals surface area contributed by atoms with Crippen LogP contribution in [0.5, 0.6) is 0 Å². The number of aromatic nitrogens is 2. The number of hydrogen-bond donors (Lipinski definition) is 2. The Labute approximate surface area is 182 Å². The molecule has 0 unspecified atom stereocenters. The van der Waals surface area contributed by atoms with Crippen molar-refractivity contribution >= 4 is 28.5 Å². The minimum atomic E-state index is -1.05. The molecule has 0 atom stereocenters. The first-order chi connectivity index (χ1) is 14.9. The van der Waals surface area contributed by atoms with Crippen molar-refractivity contribution in [1.82, 2.24) is 15.3 Å². The molecule has 1 aliphatic carbocycles. The van der Waals surface area contributed by atoms with Crippen molar-refractivity contribution in [1.29, 1.82) is 0 Å². The van der Waals surface area contributed by atoms with Crippen LogP contribution < -0.4 is 10.6 Å². The molecule has 1 saturated carbocycles. The standard InChI is InChI=1S/C25H28N4O2/c1-25(2,29-23(30)15-17-9-3-4-10-17)24(31)28-22-16-19(20-12-7-8-14-26-20)18-11-5-6-13-21(18)27-22/h5-8,11-14,16-17H,3-4,9-10,15H2,1-2H3,(H,29,30)(H,27,28,31). The first-order valence-electron chi connectivity index (χ1n) is 10.9. The normalized spacial score (nSPS) is 14.5. The van der Waals surface area contributed by atoms with Crippen LogP contribution in [0.1, 0.15) is 46.0 Å². The molecule has 0 saturated heterocycles. The number of nitrogens with one attached hydrogen (secondary N) is 2. The first kappa shape index (κ1) is 21.0. The van der Waals surface area contributed by atoms with Crippen molar-refractivity contribution in [2.75, 3.05) is 5.32 Å². The van der Waals surface area contributed by atoms with Gasteiger partial charge in [-0.3, -0.25) is 14.6 Å². The Balaban J connectivity index is 1.54. The smallest absolute Gasteiger partial charge is 0.250 e. The summed E-state index contributed by atoms with van der Waals surface area (Å²) in [5.41, 5.74) is 1.42. The summed E-state index contributed by atoms with van der Waals surface area (Å²) in [7, 11) is 0. The SMILES string of the molecule is CC(C)(NC(=O)CC1CCCC1)C(=O)Nc1cc(-c2ccccn2)c2ccccc2n1. The highest BCUT2D eigenvalue weighted by atomic mass is 16.2. The molecule has 6 nitrogen and oxygen atoms in total. The van der Waals surface area contributed by atoms with E-state index in [0.717, 1.165) is 35.0 Å². The third kappa shape index (κ3) is 4.90. The zero-order valence-electron chi connectivity index (χ0n) is 18.0. The molecular formula is C25H28N4O2. The number of hydrogen-bond acceptors (Lipinski definition) is 4. The van der Waals surface area contributed by atoms with Gasteiger partial charge in [0, 0.05) is 23.6 Å².